The second-order valence-electron chi connectivity index (χ2n) is 11.8. The number of anilines is 3. The summed E-state index contributed by atoms with van der Waals surface area (Å²) in [6.07, 6.45) is 0. The summed E-state index contributed by atoms with van der Waals surface area (Å²) in [7, 11) is 0. The molecular formula is C46H33N. The molecule has 0 aliphatic carbocycles. The molecule has 0 fully saturated rings. The van der Waals surface area contributed by atoms with Crippen molar-refractivity contribution in [3.8, 4) is 44.5 Å². The Kier molecular flexibility index (Phi) is 7.63. The van der Waals surface area contributed by atoms with Gasteiger partial charge in [0, 0.05) is 16.8 Å². The van der Waals surface area contributed by atoms with Crippen LogP contribution in [0.25, 0.3) is 55.3 Å². The zero-order chi connectivity index (χ0) is 31.4. The van der Waals surface area contributed by atoms with E-state index in [0.717, 1.165) is 17.1 Å². The lowest BCUT2D eigenvalue weighted by Gasteiger charge is -2.27. The van der Waals surface area contributed by atoms with Crippen molar-refractivity contribution in [2.45, 2.75) is 0 Å². The van der Waals surface area contributed by atoms with E-state index in [2.05, 4.69) is 205 Å². The molecule has 0 N–H and O–H groups in total. The molecule has 0 saturated carbocycles. The molecule has 0 heterocycles. The quantitative estimate of drug-likeness (QED) is 0.176. The van der Waals surface area contributed by atoms with E-state index in [-0.39, 0.29) is 0 Å². The van der Waals surface area contributed by atoms with E-state index >= 15 is 0 Å². The average Bonchev–Trinajstić information content (AvgIpc) is 3.16. The first kappa shape index (κ1) is 28.3. The third-order valence-electron chi connectivity index (χ3n) is 8.89. The molecule has 0 amide bonds. The van der Waals surface area contributed by atoms with Crippen molar-refractivity contribution < 1.29 is 0 Å². The van der Waals surface area contributed by atoms with Crippen LogP contribution < -0.4 is 4.90 Å². The zero-order valence-corrected chi connectivity index (χ0v) is 26.0. The number of nitrogens with zero attached hydrogens (tertiary/aromatic N) is 1. The summed E-state index contributed by atoms with van der Waals surface area (Å²) in [5, 5.41) is 2.44. The fourth-order valence-corrected chi connectivity index (χ4v) is 6.62. The van der Waals surface area contributed by atoms with E-state index < -0.39 is 0 Å². The van der Waals surface area contributed by atoms with Gasteiger partial charge in [0.15, 0.2) is 0 Å². The van der Waals surface area contributed by atoms with Crippen molar-refractivity contribution in [2.75, 3.05) is 4.90 Å². The number of hydrogen-bond donors (Lipinski definition) is 0. The van der Waals surface area contributed by atoms with Crippen LogP contribution in [-0.2, 0) is 0 Å². The predicted octanol–water partition coefficient (Wildman–Crippen LogP) is 13.0. The zero-order valence-electron chi connectivity index (χ0n) is 26.0. The maximum Gasteiger partial charge on any atom is 0.0540 e. The Hall–Kier alpha value is -6.18. The van der Waals surface area contributed by atoms with Crippen LogP contribution in [0, 0.1) is 0 Å². The van der Waals surface area contributed by atoms with Crippen molar-refractivity contribution in [3.05, 3.63) is 200 Å². The molecular weight excluding hydrogens is 567 g/mol. The van der Waals surface area contributed by atoms with Crippen LogP contribution >= 0.6 is 0 Å². The Bertz CT molecular complexity index is 2250. The van der Waals surface area contributed by atoms with E-state index in [1.807, 2.05) is 0 Å². The fraction of sp³-hybridized carbons (Fsp3) is 0. The predicted molar refractivity (Wildman–Crippen MR) is 200 cm³/mol. The van der Waals surface area contributed by atoms with Crippen LogP contribution in [0.5, 0.6) is 0 Å². The molecule has 0 radical (unpaired) electrons. The Labute approximate surface area is 276 Å². The third kappa shape index (κ3) is 5.60. The molecule has 0 unspecified atom stereocenters. The highest BCUT2D eigenvalue weighted by Gasteiger charge is 2.18. The minimum Gasteiger partial charge on any atom is -0.310 e. The van der Waals surface area contributed by atoms with Crippen molar-refractivity contribution >= 4 is 27.8 Å². The fourth-order valence-electron chi connectivity index (χ4n) is 6.62. The summed E-state index contributed by atoms with van der Waals surface area (Å²) in [5.41, 5.74) is 13.1. The Morgan fingerprint density at radius 3 is 1.32 bits per heavy atom. The van der Waals surface area contributed by atoms with Gasteiger partial charge in [-0.2, -0.15) is 0 Å². The van der Waals surface area contributed by atoms with Crippen LogP contribution in [0.4, 0.5) is 17.1 Å². The van der Waals surface area contributed by atoms with Crippen LogP contribution in [0.1, 0.15) is 0 Å². The molecule has 0 spiro atoms. The van der Waals surface area contributed by atoms with Gasteiger partial charge in [-0.15, -0.1) is 0 Å². The second kappa shape index (κ2) is 12.7. The summed E-state index contributed by atoms with van der Waals surface area (Å²) in [6, 6.07) is 71.8. The highest BCUT2D eigenvalue weighted by molar-refractivity contribution is 5.99. The first-order valence-electron chi connectivity index (χ1n) is 16.1. The smallest absolute Gasteiger partial charge is 0.0540 e. The van der Waals surface area contributed by atoms with E-state index in [1.165, 1.54) is 55.3 Å². The van der Waals surface area contributed by atoms with Gasteiger partial charge in [0.05, 0.1) is 5.69 Å². The minimum atomic E-state index is 1.11. The largest absolute Gasteiger partial charge is 0.310 e. The maximum atomic E-state index is 2.37. The molecule has 222 valence electrons. The molecule has 0 atom stereocenters. The highest BCUT2D eigenvalue weighted by Crippen LogP contribution is 2.43. The van der Waals surface area contributed by atoms with E-state index in [9.17, 15) is 0 Å². The molecule has 8 rings (SSSR count). The number of fused-ring (bicyclic) bond motifs is 1. The SMILES string of the molecule is c1ccc(-c2ccc(N(c3ccc(-c4cccc(-c5ccccc5)c4-c4ccccc4)cc3)c3cccc4ccccc34)cc2)cc1. The van der Waals surface area contributed by atoms with Gasteiger partial charge in [0.2, 0.25) is 0 Å². The van der Waals surface area contributed by atoms with Gasteiger partial charge in [0.1, 0.15) is 0 Å². The maximum absolute atomic E-state index is 2.37. The topological polar surface area (TPSA) is 3.24 Å². The van der Waals surface area contributed by atoms with Gasteiger partial charge >= 0.3 is 0 Å². The van der Waals surface area contributed by atoms with E-state index in [4.69, 9.17) is 0 Å². The second-order valence-corrected chi connectivity index (χ2v) is 11.8. The van der Waals surface area contributed by atoms with Crippen molar-refractivity contribution in [3.63, 3.8) is 0 Å². The third-order valence-corrected chi connectivity index (χ3v) is 8.89. The standard InChI is InChI=1S/C46H33N/c1-4-14-34(15-5-1)35-26-30-40(31-27-35)47(45-25-12-21-36-18-10-11-22-42(36)45)41-32-28-38(29-33-41)44-24-13-23-43(37-16-6-2-7-17-37)46(44)39-19-8-3-9-20-39/h1-33H. The van der Waals surface area contributed by atoms with Crippen molar-refractivity contribution in [1.82, 2.24) is 0 Å². The van der Waals surface area contributed by atoms with E-state index in [1.54, 1.807) is 0 Å². The summed E-state index contributed by atoms with van der Waals surface area (Å²) in [5.74, 6) is 0. The molecule has 47 heavy (non-hydrogen) atoms. The van der Waals surface area contributed by atoms with Gasteiger partial charge in [-0.05, 0) is 80.2 Å². The Balaban J connectivity index is 1.26. The molecule has 0 bridgehead atoms. The van der Waals surface area contributed by atoms with Crippen molar-refractivity contribution in [2.24, 2.45) is 0 Å². The normalized spacial score (nSPS) is 11.0. The first-order valence-corrected chi connectivity index (χ1v) is 16.1. The summed E-state index contributed by atoms with van der Waals surface area (Å²) < 4.78 is 0. The lowest BCUT2D eigenvalue weighted by molar-refractivity contribution is 1.30. The molecule has 8 aromatic rings. The van der Waals surface area contributed by atoms with Crippen LogP contribution in [0.2, 0.25) is 0 Å². The van der Waals surface area contributed by atoms with Crippen LogP contribution in [0.15, 0.2) is 200 Å². The monoisotopic (exact) mass is 599 g/mol. The Morgan fingerprint density at radius 1 is 0.277 bits per heavy atom. The number of rotatable bonds is 7. The van der Waals surface area contributed by atoms with Gasteiger partial charge in [-0.1, -0.05) is 170 Å². The molecule has 0 aliphatic rings. The minimum absolute atomic E-state index is 1.11. The Morgan fingerprint density at radius 2 is 0.702 bits per heavy atom. The average molecular weight is 600 g/mol. The molecule has 1 heteroatoms. The van der Waals surface area contributed by atoms with Gasteiger partial charge < -0.3 is 4.90 Å². The first-order chi connectivity index (χ1) is 23.3. The van der Waals surface area contributed by atoms with Gasteiger partial charge in [0.25, 0.3) is 0 Å². The molecule has 1 nitrogen and oxygen atoms in total. The van der Waals surface area contributed by atoms with Gasteiger partial charge in [-0.25, -0.2) is 0 Å². The lowest BCUT2D eigenvalue weighted by Crippen LogP contribution is -2.10. The molecule has 0 aliphatic heterocycles. The number of benzene rings is 8. The number of hydrogen-bond acceptors (Lipinski definition) is 1. The van der Waals surface area contributed by atoms with Crippen molar-refractivity contribution in [1.29, 1.82) is 0 Å². The summed E-state index contributed by atoms with van der Waals surface area (Å²) in [6.45, 7) is 0. The molecule has 8 aromatic carbocycles. The van der Waals surface area contributed by atoms with E-state index in [0.29, 0.717) is 0 Å². The summed E-state index contributed by atoms with van der Waals surface area (Å²) in [4.78, 5) is 2.37. The lowest BCUT2D eigenvalue weighted by atomic mass is 9.87. The van der Waals surface area contributed by atoms with Crippen LogP contribution in [0.3, 0.4) is 0 Å². The van der Waals surface area contributed by atoms with Crippen LogP contribution in [-0.4, -0.2) is 0 Å². The van der Waals surface area contributed by atoms with Gasteiger partial charge in [-0.3, -0.25) is 0 Å². The highest BCUT2D eigenvalue weighted by atomic mass is 15.1. The summed E-state index contributed by atoms with van der Waals surface area (Å²) >= 11 is 0. The molecule has 0 saturated heterocycles. The molecule has 0 aromatic heterocycles.